The van der Waals surface area contributed by atoms with Gasteiger partial charge in [0.25, 0.3) is 0 Å². The van der Waals surface area contributed by atoms with Gasteiger partial charge in [0, 0.05) is 6.08 Å². The Bertz CT molecular complexity index is 257. The van der Waals surface area contributed by atoms with Crippen LogP contribution in [-0.2, 0) is 4.79 Å². The van der Waals surface area contributed by atoms with Crippen LogP contribution in [0.25, 0.3) is 0 Å². The molecular formula is C9H10O2. The highest BCUT2D eigenvalue weighted by molar-refractivity contribution is 5.80. The standard InChI is InChI=1S/C9H10O2/c1-7-2-3-8(6-7)4-5-9(10)11/h2-5H,6H2,1H3,(H,10,11)/b5-4+. The van der Waals surface area contributed by atoms with Crippen molar-refractivity contribution in [3.63, 3.8) is 0 Å². The third-order valence-corrected chi connectivity index (χ3v) is 1.50. The van der Waals surface area contributed by atoms with Crippen LogP contribution in [0.3, 0.4) is 0 Å². The van der Waals surface area contributed by atoms with Crippen LogP contribution in [0.2, 0.25) is 0 Å². The fourth-order valence-electron chi connectivity index (χ4n) is 0.982. The van der Waals surface area contributed by atoms with Crippen molar-refractivity contribution in [2.45, 2.75) is 13.3 Å². The van der Waals surface area contributed by atoms with Crippen LogP contribution < -0.4 is 0 Å². The number of hydrogen-bond acceptors (Lipinski definition) is 1. The molecule has 0 aliphatic heterocycles. The molecule has 0 atom stereocenters. The molecule has 0 amide bonds. The predicted molar refractivity (Wildman–Crippen MR) is 43.2 cm³/mol. The molecule has 0 saturated carbocycles. The Hall–Kier alpha value is -1.31. The Labute approximate surface area is 65.5 Å². The summed E-state index contributed by atoms with van der Waals surface area (Å²) >= 11 is 0. The SMILES string of the molecule is CC1=CC=C(/C=C/C(=O)O)C1. The molecule has 0 spiro atoms. The molecule has 0 aromatic rings. The summed E-state index contributed by atoms with van der Waals surface area (Å²) in [6, 6.07) is 0. The summed E-state index contributed by atoms with van der Waals surface area (Å²) in [4.78, 5) is 10.1. The topological polar surface area (TPSA) is 37.3 Å². The Kier molecular flexibility index (Phi) is 2.26. The molecule has 0 saturated heterocycles. The lowest BCUT2D eigenvalue weighted by molar-refractivity contribution is -0.131. The molecule has 0 unspecified atom stereocenters. The van der Waals surface area contributed by atoms with Gasteiger partial charge in [0.1, 0.15) is 0 Å². The van der Waals surface area contributed by atoms with E-state index in [4.69, 9.17) is 5.11 Å². The second-order valence-electron chi connectivity index (χ2n) is 2.60. The summed E-state index contributed by atoms with van der Waals surface area (Å²) in [6.45, 7) is 2.03. The van der Waals surface area contributed by atoms with Gasteiger partial charge in [0.05, 0.1) is 0 Å². The zero-order valence-electron chi connectivity index (χ0n) is 6.37. The van der Waals surface area contributed by atoms with Crippen LogP contribution >= 0.6 is 0 Å². The lowest BCUT2D eigenvalue weighted by atomic mass is 10.1. The third kappa shape index (κ3) is 2.42. The fourth-order valence-corrected chi connectivity index (χ4v) is 0.982. The number of rotatable bonds is 2. The maximum Gasteiger partial charge on any atom is 0.328 e. The molecule has 1 N–H and O–H groups in total. The lowest BCUT2D eigenvalue weighted by Crippen LogP contribution is -1.86. The van der Waals surface area contributed by atoms with Gasteiger partial charge in [0.2, 0.25) is 0 Å². The monoisotopic (exact) mass is 150 g/mol. The first-order valence-electron chi connectivity index (χ1n) is 3.46. The molecule has 0 fully saturated rings. The summed E-state index contributed by atoms with van der Waals surface area (Å²) in [5.41, 5.74) is 2.33. The smallest absolute Gasteiger partial charge is 0.328 e. The van der Waals surface area contributed by atoms with Crippen LogP contribution in [0.4, 0.5) is 0 Å². The lowest BCUT2D eigenvalue weighted by Gasteiger charge is -1.91. The van der Waals surface area contributed by atoms with E-state index < -0.39 is 5.97 Å². The molecule has 0 bridgehead atoms. The van der Waals surface area contributed by atoms with Crippen LogP contribution in [0, 0.1) is 0 Å². The Morgan fingerprint density at radius 2 is 2.36 bits per heavy atom. The van der Waals surface area contributed by atoms with E-state index in [0.29, 0.717) is 0 Å². The van der Waals surface area contributed by atoms with E-state index in [1.165, 1.54) is 5.57 Å². The molecule has 1 aliphatic rings. The quantitative estimate of drug-likeness (QED) is 0.610. The summed E-state index contributed by atoms with van der Waals surface area (Å²) in [5, 5.41) is 8.31. The Balaban J connectivity index is 2.49. The maximum absolute atomic E-state index is 10.1. The molecule has 1 rings (SSSR count). The van der Waals surface area contributed by atoms with E-state index in [0.717, 1.165) is 18.1 Å². The van der Waals surface area contributed by atoms with E-state index in [9.17, 15) is 4.79 Å². The molecular weight excluding hydrogens is 140 g/mol. The van der Waals surface area contributed by atoms with Crippen molar-refractivity contribution in [1.29, 1.82) is 0 Å². The minimum absolute atomic E-state index is 0.879. The summed E-state index contributed by atoms with van der Waals surface area (Å²) in [7, 11) is 0. The molecule has 11 heavy (non-hydrogen) atoms. The van der Waals surface area contributed by atoms with E-state index >= 15 is 0 Å². The van der Waals surface area contributed by atoms with E-state index in [1.54, 1.807) is 6.08 Å². The molecule has 2 nitrogen and oxygen atoms in total. The zero-order valence-corrected chi connectivity index (χ0v) is 6.37. The average molecular weight is 150 g/mol. The van der Waals surface area contributed by atoms with Gasteiger partial charge in [-0.25, -0.2) is 4.79 Å². The highest BCUT2D eigenvalue weighted by Gasteiger charge is 2.00. The normalized spacial score (nSPS) is 16.8. The van der Waals surface area contributed by atoms with Crippen molar-refractivity contribution >= 4 is 5.97 Å². The van der Waals surface area contributed by atoms with Crippen LogP contribution in [0.5, 0.6) is 0 Å². The molecule has 1 aliphatic carbocycles. The van der Waals surface area contributed by atoms with E-state index in [-0.39, 0.29) is 0 Å². The minimum Gasteiger partial charge on any atom is -0.478 e. The van der Waals surface area contributed by atoms with E-state index in [1.807, 2.05) is 19.1 Å². The third-order valence-electron chi connectivity index (χ3n) is 1.50. The summed E-state index contributed by atoms with van der Waals surface area (Å²) in [5.74, 6) is -0.893. The highest BCUT2D eigenvalue weighted by Crippen LogP contribution is 2.18. The second-order valence-corrected chi connectivity index (χ2v) is 2.60. The van der Waals surface area contributed by atoms with Crippen LogP contribution in [0.1, 0.15) is 13.3 Å². The van der Waals surface area contributed by atoms with E-state index in [2.05, 4.69) is 0 Å². The average Bonchev–Trinajstić information content (AvgIpc) is 2.31. The molecule has 58 valence electrons. The largest absolute Gasteiger partial charge is 0.478 e. The predicted octanol–water partition coefficient (Wildman–Crippen LogP) is 1.90. The fraction of sp³-hybridized carbons (Fsp3) is 0.222. The van der Waals surface area contributed by atoms with Gasteiger partial charge in [-0.05, 0) is 18.9 Å². The second kappa shape index (κ2) is 3.19. The van der Waals surface area contributed by atoms with Crippen molar-refractivity contribution in [3.8, 4) is 0 Å². The van der Waals surface area contributed by atoms with Gasteiger partial charge in [-0.1, -0.05) is 23.8 Å². The van der Waals surface area contributed by atoms with Gasteiger partial charge >= 0.3 is 5.97 Å². The first-order valence-corrected chi connectivity index (χ1v) is 3.46. The van der Waals surface area contributed by atoms with Crippen LogP contribution in [0.15, 0.2) is 35.5 Å². The summed E-state index contributed by atoms with van der Waals surface area (Å²) < 4.78 is 0. The first kappa shape index (κ1) is 7.79. The number of allylic oxidation sites excluding steroid dienone is 5. The number of carboxylic acids is 1. The molecule has 2 heteroatoms. The van der Waals surface area contributed by atoms with Gasteiger partial charge in [-0.15, -0.1) is 0 Å². The Morgan fingerprint density at radius 1 is 1.64 bits per heavy atom. The summed E-state index contributed by atoms with van der Waals surface area (Å²) in [6.07, 6.45) is 7.62. The van der Waals surface area contributed by atoms with Gasteiger partial charge in [-0.2, -0.15) is 0 Å². The van der Waals surface area contributed by atoms with Crippen molar-refractivity contribution in [2.24, 2.45) is 0 Å². The zero-order chi connectivity index (χ0) is 8.27. The first-order chi connectivity index (χ1) is 5.18. The van der Waals surface area contributed by atoms with Gasteiger partial charge in [-0.3, -0.25) is 0 Å². The Morgan fingerprint density at radius 3 is 2.82 bits per heavy atom. The van der Waals surface area contributed by atoms with Crippen molar-refractivity contribution < 1.29 is 9.90 Å². The maximum atomic E-state index is 10.1. The van der Waals surface area contributed by atoms with Crippen molar-refractivity contribution in [1.82, 2.24) is 0 Å². The molecule has 0 aromatic heterocycles. The van der Waals surface area contributed by atoms with Gasteiger partial charge < -0.3 is 5.11 Å². The highest BCUT2D eigenvalue weighted by atomic mass is 16.4. The van der Waals surface area contributed by atoms with Gasteiger partial charge in [0.15, 0.2) is 0 Å². The molecule has 0 heterocycles. The molecule has 0 aromatic carbocycles. The minimum atomic E-state index is -0.893. The number of carbonyl (C=O) groups is 1. The number of aliphatic carboxylic acids is 1. The number of hydrogen-bond donors (Lipinski definition) is 1. The van der Waals surface area contributed by atoms with Crippen LogP contribution in [-0.4, -0.2) is 11.1 Å². The van der Waals surface area contributed by atoms with Crippen molar-refractivity contribution in [2.75, 3.05) is 0 Å². The number of carboxylic acid groups (broad SMARTS) is 1. The van der Waals surface area contributed by atoms with Crippen molar-refractivity contribution in [3.05, 3.63) is 35.5 Å². The molecule has 0 radical (unpaired) electrons.